The molecule has 0 aliphatic carbocycles. The number of methoxy groups -OCH3 is 1. The number of benzene rings is 1. The number of carbonyl (C=O) groups excluding carboxylic acids is 2. The predicted molar refractivity (Wildman–Crippen MR) is 77.3 cm³/mol. The maximum Gasteiger partial charge on any atom is 0.239 e. The molecule has 1 aromatic carbocycles. The van der Waals surface area contributed by atoms with Gasteiger partial charge in [0.15, 0.2) is 0 Å². The molecule has 5 heteroatoms. The van der Waals surface area contributed by atoms with Crippen molar-refractivity contribution in [1.29, 1.82) is 0 Å². The second-order valence-electron chi connectivity index (χ2n) is 4.28. The molecular weight excluding hydrogens is 256 g/mol. The van der Waals surface area contributed by atoms with Crippen molar-refractivity contribution in [3.8, 4) is 5.75 Å². The van der Waals surface area contributed by atoms with Crippen LogP contribution in [-0.2, 0) is 16.1 Å². The van der Waals surface area contributed by atoms with Crippen LogP contribution in [0.5, 0.6) is 5.75 Å². The molecule has 0 fully saturated rings. The zero-order chi connectivity index (χ0) is 15.0. The van der Waals surface area contributed by atoms with Crippen LogP contribution in [0, 0.1) is 0 Å². The maximum absolute atomic E-state index is 11.8. The van der Waals surface area contributed by atoms with Gasteiger partial charge in [0, 0.05) is 25.6 Å². The summed E-state index contributed by atoms with van der Waals surface area (Å²) in [7, 11) is 1.59. The first kappa shape index (κ1) is 15.8. The zero-order valence-corrected chi connectivity index (χ0v) is 11.9. The van der Waals surface area contributed by atoms with Gasteiger partial charge >= 0.3 is 0 Å². The van der Waals surface area contributed by atoms with Gasteiger partial charge in [0.05, 0.1) is 13.7 Å². The second kappa shape index (κ2) is 7.99. The minimum Gasteiger partial charge on any atom is -0.496 e. The first-order valence-corrected chi connectivity index (χ1v) is 6.33. The van der Waals surface area contributed by atoms with Crippen molar-refractivity contribution in [3.05, 3.63) is 42.5 Å². The second-order valence-corrected chi connectivity index (χ2v) is 4.28. The molecule has 1 aromatic rings. The zero-order valence-electron chi connectivity index (χ0n) is 11.9. The molecule has 1 N–H and O–H groups in total. The third-order valence-corrected chi connectivity index (χ3v) is 2.80. The van der Waals surface area contributed by atoms with Crippen LogP contribution < -0.4 is 10.1 Å². The Morgan fingerprint density at radius 2 is 2.10 bits per heavy atom. The number of amides is 2. The third-order valence-electron chi connectivity index (χ3n) is 2.80. The van der Waals surface area contributed by atoms with Crippen molar-refractivity contribution in [2.45, 2.75) is 13.5 Å². The fourth-order valence-corrected chi connectivity index (χ4v) is 1.73. The summed E-state index contributed by atoms with van der Waals surface area (Å²) in [6, 6.07) is 7.46. The van der Waals surface area contributed by atoms with Gasteiger partial charge in [-0.2, -0.15) is 0 Å². The Kier molecular flexibility index (Phi) is 6.29. The van der Waals surface area contributed by atoms with E-state index in [4.69, 9.17) is 4.74 Å². The van der Waals surface area contributed by atoms with Gasteiger partial charge < -0.3 is 15.0 Å². The highest BCUT2D eigenvalue weighted by atomic mass is 16.5. The largest absolute Gasteiger partial charge is 0.496 e. The topological polar surface area (TPSA) is 58.6 Å². The first-order chi connectivity index (χ1) is 9.58. The van der Waals surface area contributed by atoms with E-state index in [0.717, 1.165) is 11.3 Å². The standard InChI is InChI=1S/C15H20N2O3/c1-4-9-17(12(2)18)11-15(19)16-10-13-7-5-6-8-14(13)20-3/h4-8H,1,9-11H2,2-3H3,(H,16,19). The van der Waals surface area contributed by atoms with E-state index in [9.17, 15) is 9.59 Å². The lowest BCUT2D eigenvalue weighted by atomic mass is 10.2. The average molecular weight is 276 g/mol. The minimum absolute atomic E-state index is 0.0243. The summed E-state index contributed by atoms with van der Waals surface area (Å²) in [6.45, 7) is 5.74. The normalized spacial score (nSPS) is 9.70. The Balaban J connectivity index is 2.54. The molecule has 2 amide bonds. The molecule has 0 saturated heterocycles. The third kappa shape index (κ3) is 4.76. The highest BCUT2D eigenvalue weighted by Crippen LogP contribution is 2.16. The van der Waals surface area contributed by atoms with Crippen LogP contribution >= 0.6 is 0 Å². The number of carbonyl (C=O) groups is 2. The van der Waals surface area contributed by atoms with Crippen LogP contribution in [0.2, 0.25) is 0 Å². The lowest BCUT2D eigenvalue weighted by Gasteiger charge is -2.18. The Hall–Kier alpha value is -2.30. The molecule has 0 aliphatic rings. The summed E-state index contributed by atoms with van der Waals surface area (Å²) in [5.41, 5.74) is 0.890. The fraction of sp³-hybridized carbons (Fsp3) is 0.333. The SMILES string of the molecule is C=CCN(CC(=O)NCc1ccccc1OC)C(C)=O. The number of ether oxygens (including phenoxy) is 1. The first-order valence-electron chi connectivity index (χ1n) is 6.33. The van der Waals surface area contributed by atoms with Gasteiger partial charge in [-0.25, -0.2) is 0 Å². The van der Waals surface area contributed by atoms with Crippen molar-refractivity contribution in [2.75, 3.05) is 20.2 Å². The van der Waals surface area contributed by atoms with Gasteiger partial charge in [-0.05, 0) is 6.07 Å². The summed E-state index contributed by atoms with van der Waals surface area (Å²) in [4.78, 5) is 24.6. The molecule has 0 heterocycles. The summed E-state index contributed by atoms with van der Waals surface area (Å²) < 4.78 is 5.21. The van der Waals surface area contributed by atoms with E-state index in [2.05, 4.69) is 11.9 Å². The monoisotopic (exact) mass is 276 g/mol. The van der Waals surface area contributed by atoms with Crippen LogP contribution in [0.4, 0.5) is 0 Å². The van der Waals surface area contributed by atoms with Crippen molar-refractivity contribution in [1.82, 2.24) is 10.2 Å². The maximum atomic E-state index is 11.8. The molecule has 0 atom stereocenters. The van der Waals surface area contributed by atoms with Crippen LogP contribution in [0.25, 0.3) is 0 Å². The molecule has 0 saturated carbocycles. The number of nitrogens with one attached hydrogen (secondary N) is 1. The van der Waals surface area contributed by atoms with Gasteiger partial charge in [0.2, 0.25) is 11.8 Å². The molecule has 20 heavy (non-hydrogen) atoms. The molecule has 0 aliphatic heterocycles. The van der Waals surface area contributed by atoms with Crippen LogP contribution in [0.15, 0.2) is 36.9 Å². The Morgan fingerprint density at radius 3 is 2.70 bits per heavy atom. The summed E-state index contributed by atoms with van der Waals surface area (Å²) in [5.74, 6) is 0.354. The Bertz CT molecular complexity index is 486. The van der Waals surface area contributed by atoms with E-state index in [-0.39, 0.29) is 18.4 Å². The van der Waals surface area contributed by atoms with Crippen molar-refractivity contribution in [3.63, 3.8) is 0 Å². The highest BCUT2D eigenvalue weighted by Gasteiger charge is 2.12. The van der Waals surface area contributed by atoms with Crippen LogP contribution in [0.1, 0.15) is 12.5 Å². The Labute approximate surface area is 119 Å². The number of hydrogen-bond donors (Lipinski definition) is 1. The van der Waals surface area contributed by atoms with Crippen molar-refractivity contribution in [2.24, 2.45) is 0 Å². The fourth-order valence-electron chi connectivity index (χ4n) is 1.73. The predicted octanol–water partition coefficient (Wildman–Crippen LogP) is 1.35. The van der Waals surface area contributed by atoms with E-state index in [1.165, 1.54) is 11.8 Å². The molecular formula is C15H20N2O3. The average Bonchev–Trinajstić information content (AvgIpc) is 2.44. The van der Waals surface area contributed by atoms with Crippen molar-refractivity contribution < 1.29 is 14.3 Å². The molecule has 108 valence electrons. The van der Waals surface area contributed by atoms with Crippen molar-refractivity contribution >= 4 is 11.8 Å². The summed E-state index contributed by atoms with van der Waals surface area (Å²) >= 11 is 0. The van der Waals surface area contributed by atoms with Gasteiger partial charge in [0.1, 0.15) is 5.75 Å². The molecule has 5 nitrogen and oxygen atoms in total. The van der Waals surface area contributed by atoms with E-state index in [1.54, 1.807) is 13.2 Å². The Morgan fingerprint density at radius 1 is 1.40 bits per heavy atom. The smallest absolute Gasteiger partial charge is 0.239 e. The number of nitrogens with zero attached hydrogens (tertiary/aromatic N) is 1. The number of rotatable bonds is 7. The highest BCUT2D eigenvalue weighted by molar-refractivity contribution is 5.83. The minimum atomic E-state index is -0.215. The number of para-hydroxylation sites is 1. The van der Waals surface area contributed by atoms with E-state index >= 15 is 0 Å². The summed E-state index contributed by atoms with van der Waals surface area (Å²) in [6.07, 6.45) is 1.59. The molecule has 1 rings (SSSR count). The van der Waals surface area contributed by atoms with Gasteiger partial charge in [-0.3, -0.25) is 9.59 Å². The summed E-state index contributed by atoms with van der Waals surface area (Å²) in [5, 5.41) is 2.77. The van der Waals surface area contributed by atoms with E-state index in [1.807, 2.05) is 24.3 Å². The van der Waals surface area contributed by atoms with Crippen LogP contribution in [-0.4, -0.2) is 36.9 Å². The molecule has 0 bridgehead atoms. The van der Waals surface area contributed by atoms with Crippen LogP contribution in [0.3, 0.4) is 0 Å². The van der Waals surface area contributed by atoms with E-state index < -0.39 is 0 Å². The van der Waals surface area contributed by atoms with E-state index in [0.29, 0.717) is 13.1 Å². The van der Waals surface area contributed by atoms with Gasteiger partial charge in [0.25, 0.3) is 0 Å². The number of hydrogen-bond acceptors (Lipinski definition) is 3. The lowest BCUT2D eigenvalue weighted by molar-refractivity contribution is -0.133. The molecule has 0 aromatic heterocycles. The lowest BCUT2D eigenvalue weighted by Crippen LogP contribution is -2.39. The molecule has 0 radical (unpaired) electrons. The van der Waals surface area contributed by atoms with Gasteiger partial charge in [-0.1, -0.05) is 24.3 Å². The van der Waals surface area contributed by atoms with Gasteiger partial charge in [-0.15, -0.1) is 6.58 Å². The molecule has 0 unspecified atom stereocenters. The quantitative estimate of drug-likeness (QED) is 0.765. The molecule has 0 spiro atoms.